The molecule has 1 aliphatic rings. The molecule has 2 rings (SSSR count). The van der Waals surface area contributed by atoms with Crippen molar-refractivity contribution in [2.45, 2.75) is 37.7 Å². The first-order valence-electron chi connectivity index (χ1n) is 7.02. The fraction of sp³-hybridized carbons (Fsp3) is 0.625. The zero-order valence-corrected chi connectivity index (χ0v) is 12.2. The lowest BCUT2D eigenvalue weighted by Crippen LogP contribution is -2.45. The van der Waals surface area contributed by atoms with Gasteiger partial charge in [-0.3, -0.25) is 0 Å². The summed E-state index contributed by atoms with van der Waals surface area (Å²) in [5, 5.41) is 14.2. The summed E-state index contributed by atoms with van der Waals surface area (Å²) in [6.45, 7) is 6.53. The molecular formula is C16H25NO2. The Labute approximate surface area is 116 Å². The first-order chi connectivity index (χ1) is 8.99. The van der Waals surface area contributed by atoms with Gasteiger partial charge in [-0.05, 0) is 29.4 Å². The van der Waals surface area contributed by atoms with Crippen molar-refractivity contribution in [3.63, 3.8) is 0 Å². The summed E-state index contributed by atoms with van der Waals surface area (Å²) >= 11 is 0. The van der Waals surface area contributed by atoms with Gasteiger partial charge in [-0.1, -0.05) is 38.1 Å². The number of hydrogen-bond acceptors (Lipinski definition) is 3. The molecule has 0 amide bonds. The maximum atomic E-state index is 11.0. The van der Waals surface area contributed by atoms with Crippen LogP contribution >= 0.6 is 0 Å². The minimum absolute atomic E-state index is 0.148. The van der Waals surface area contributed by atoms with E-state index in [1.165, 1.54) is 5.56 Å². The summed E-state index contributed by atoms with van der Waals surface area (Å²) in [5.74, 6) is 0. The average molecular weight is 263 g/mol. The predicted molar refractivity (Wildman–Crippen MR) is 77.3 cm³/mol. The van der Waals surface area contributed by atoms with Gasteiger partial charge in [0.1, 0.15) is 5.60 Å². The standard InChI is InChI=1S/C16H25NO2/c1-15(2)8-9-16(18,12-17-10-11-19-3)14-7-5-4-6-13(14)15/h4-7,17-18H,8-12H2,1-3H3. The van der Waals surface area contributed by atoms with Crippen molar-refractivity contribution in [3.8, 4) is 0 Å². The third kappa shape index (κ3) is 2.99. The van der Waals surface area contributed by atoms with E-state index in [0.29, 0.717) is 13.2 Å². The van der Waals surface area contributed by atoms with E-state index in [2.05, 4.69) is 37.4 Å². The normalized spacial score (nSPS) is 25.1. The lowest BCUT2D eigenvalue weighted by molar-refractivity contribution is 0.00831. The summed E-state index contributed by atoms with van der Waals surface area (Å²) < 4.78 is 5.02. The molecule has 0 saturated carbocycles. The summed E-state index contributed by atoms with van der Waals surface area (Å²) in [6, 6.07) is 8.29. The highest BCUT2D eigenvalue weighted by atomic mass is 16.5. The van der Waals surface area contributed by atoms with Crippen LogP contribution in [0.3, 0.4) is 0 Å². The molecule has 0 spiro atoms. The average Bonchev–Trinajstić information content (AvgIpc) is 2.41. The molecule has 1 aromatic rings. The monoisotopic (exact) mass is 263 g/mol. The van der Waals surface area contributed by atoms with Crippen molar-refractivity contribution in [1.29, 1.82) is 0 Å². The lowest BCUT2D eigenvalue weighted by Gasteiger charge is -2.42. The van der Waals surface area contributed by atoms with Gasteiger partial charge in [0.2, 0.25) is 0 Å². The van der Waals surface area contributed by atoms with Gasteiger partial charge in [0, 0.05) is 20.2 Å². The van der Waals surface area contributed by atoms with Gasteiger partial charge in [-0.15, -0.1) is 0 Å². The van der Waals surface area contributed by atoms with Crippen LogP contribution < -0.4 is 5.32 Å². The van der Waals surface area contributed by atoms with Crippen LogP contribution in [-0.4, -0.2) is 31.9 Å². The molecule has 0 aliphatic heterocycles. The summed E-state index contributed by atoms with van der Waals surface area (Å²) in [4.78, 5) is 0. The molecule has 0 aromatic heterocycles. The Balaban J connectivity index is 2.19. The van der Waals surface area contributed by atoms with E-state index in [0.717, 1.165) is 24.9 Å². The van der Waals surface area contributed by atoms with Crippen LogP contribution in [0, 0.1) is 0 Å². The van der Waals surface area contributed by atoms with Crippen molar-refractivity contribution in [2.75, 3.05) is 26.8 Å². The Kier molecular flexibility index (Phi) is 4.29. The van der Waals surface area contributed by atoms with Crippen molar-refractivity contribution >= 4 is 0 Å². The fourth-order valence-corrected chi connectivity index (χ4v) is 2.92. The summed E-state index contributed by atoms with van der Waals surface area (Å²) in [7, 11) is 1.69. The minimum Gasteiger partial charge on any atom is -0.384 e. The van der Waals surface area contributed by atoms with Gasteiger partial charge in [-0.25, -0.2) is 0 Å². The first-order valence-corrected chi connectivity index (χ1v) is 7.02. The maximum Gasteiger partial charge on any atom is 0.102 e. The highest BCUT2D eigenvalue weighted by Crippen LogP contribution is 2.44. The molecule has 0 fully saturated rings. The Morgan fingerprint density at radius 2 is 1.89 bits per heavy atom. The van der Waals surface area contributed by atoms with Crippen molar-refractivity contribution in [1.82, 2.24) is 5.32 Å². The second kappa shape index (κ2) is 5.61. The van der Waals surface area contributed by atoms with E-state index in [9.17, 15) is 5.11 Å². The van der Waals surface area contributed by atoms with Gasteiger partial charge in [0.15, 0.2) is 0 Å². The zero-order chi connectivity index (χ0) is 13.9. The topological polar surface area (TPSA) is 41.5 Å². The van der Waals surface area contributed by atoms with Crippen LogP contribution in [-0.2, 0) is 15.8 Å². The van der Waals surface area contributed by atoms with E-state index in [1.807, 2.05) is 6.07 Å². The van der Waals surface area contributed by atoms with Crippen LogP contribution in [0.4, 0.5) is 0 Å². The Morgan fingerprint density at radius 3 is 2.58 bits per heavy atom. The summed E-state index contributed by atoms with van der Waals surface area (Å²) in [5.41, 5.74) is 1.75. The van der Waals surface area contributed by atoms with Gasteiger partial charge in [0.25, 0.3) is 0 Å². The Bertz CT molecular complexity index is 431. The van der Waals surface area contributed by atoms with Crippen molar-refractivity contribution < 1.29 is 9.84 Å². The van der Waals surface area contributed by atoms with Crippen molar-refractivity contribution in [2.24, 2.45) is 0 Å². The number of hydrogen-bond donors (Lipinski definition) is 2. The lowest BCUT2D eigenvalue weighted by atomic mass is 9.67. The predicted octanol–water partition coefficient (Wildman–Crippen LogP) is 2.18. The van der Waals surface area contributed by atoms with E-state index >= 15 is 0 Å². The molecular weight excluding hydrogens is 238 g/mol. The number of methoxy groups -OCH3 is 1. The quantitative estimate of drug-likeness (QED) is 0.800. The van der Waals surface area contributed by atoms with Crippen LogP contribution in [0.15, 0.2) is 24.3 Å². The molecule has 0 radical (unpaired) electrons. The molecule has 0 heterocycles. The van der Waals surface area contributed by atoms with E-state index < -0.39 is 5.60 Å². The van der Waals surface area contributed by atoms with E-state index in [-0.39, 0.29) is 5.41 Å². The summed E-state index contributed by atoms with van der Waals surface area (Å²) in [6.07, 6.45) is 1.81. The molecule has 1 atom stereocenters. The van der Waals surface area contributed by atoms with Gasteiger partial charge < -0.3 is 15.2 Å². The minimum atomic E-state index is -0.750. The van der Waals surface area contributed by atoms with Crippen LogP contribution in [0.25, 0.3) is 0 Å². The van der Waals surface area contributed by atoms with Crippen molar-refractivity contribution in [3.05, 3.63) is 35.4 Å². The molecule has 3 heteroatoms. The van der Waals surface area contributed by atoms with Crippen LogP contribution in [0.2, 0.25) is 0 Å². The second-order valence-corrected chi connectivity index (χ2v) is 6.13. The number of ether oxygens (including phenoxy) is 1. The molecule has 19 heavy (non-hydrogen) atoms. The molecule has 1 aliphatic carbocycles. The molecule has 1 unspecified atom stereocenters. The number of rotatable bonds is 5. The molecule has 0 saturated heterocycles. The number of nitrogens with one attached hydrogen (secondary N) is 1. The largest absolute Gasteiger partial charge is 0.384 e. The van der Waals surface area contributed by atoms with E-state index in [1.54, 1.807) is 7.11 Å². The number of fused-ring (bicyclic) bond motifs is 1. The molecule has 106 valence electrons. The van der Waals surface area contributed by atoms with Gasteiger partial charge in [-0.2, -0.15) is 0 Å². The van der Waals surface area contributed by atoms with Gasteiger partial charge in [0.05, 0.1) is 6.61 Å². The maximum absolute atomic E-state index is 11.0. The molecule has 1 aromatic carbocycles. The van der Waals surface area contributed by atoms with Gasteiger partial charge >= 0.3 is 0 Å². The highest BCUT2D eigenvalue weighted by molar-refractivity contribution is 5.40. The fourth-order valence-electron chi connectivity index (χ4n) is 2.92. The number of aliphatic hydroxyl groups is 1. The Morgan fingerprint density at radius 1 is 1.21 bits per heavy atom. The first kappa shape index (κ1) is 14.5. The smallest absolute Gasteiger partial charge is 0.102 e. The SMILES string of the molecule is COCCNCC1(O)CCC(C)(C)c2ccccc21. The second-order valence-electron chi connectivity index (χ2n) is 6.13. The zero-order valence-electron chi connectivity index (χ0n) is 12.2. The van der Waals surface area contributed by atoms with Crippen LogP contribution in [0.5, 0.6) is 0 Å². The molecule has 3 nitrogen and oxygen atoms in total. The Hall–Kier alpha value is -0.900. The third-order valence-corrected chi connectivity index (χ3v) is 4.22. The molecule has 0 bridgehead atoms. The molecule has 2 N–H and O–H groups in total. The third-order valence-electron chi connectivity index (χ3n) is 4.22. The van der Waals surface area contributed by atoms with Crippen LogP contribution in [0.1, 0.15) is 37.8 Å². The highest BCUT2D eigenvalue weighted by Gasteiger charge is 2.40. The number of benzene rings is 1. The van der Waals surface area contributed by atoms with E-state index in [4.69, 9.17) is 4.74 Å².